The predicted octanol–water partition coefficient (Wildman–Crippen LogP) is 4.74. The quantitative estimate of drug-likeness (QED) is 0.852. The van der Waals surface area contributed by atoms with Gasteiger partial charge in [-0.3, -0.25) is 4.79 Å². The van der Waals surface area contributed by atoms with Crippen LogP contribution >= 0.6 is 34.8 Å². The number of hydrogen-bond acceptors (Lipinski definition) is 2. The molecule has 0 spiro atoms. The summed E-state index contributed by atoms with van der Waals surface area (Å²) in [5, 5.41) is 10.7. The molecule has 0 aliphatic carbocycles. The van der Waals surface area contributed by atoms with Gasteiger partial charge in [-0.15, -0.1) is 0 Å². The molecule has 3 nitrogen and oxygen atoms in total. The second-order valence-electron chi connectivity index (χ2n) is 4.50. The van der Waals surface area contributed by atoms with E-state index in [1.165, 1.54) is 0 Å². The number of carboxylic acid groups (broad SMARTS) is 1. The van der Waals surface area contributed by atoms with Crippen LogP contribution in [0.4, 0.5) is 5.69 Å². The summed E-state index contributed by atoms with van der Waals surface area (Å²) in [4.78, 5) is 12.8. The van der Waals surface area contributed by atoms with Crippen LogP contribution in [0.25, 0.3) is 0 Å². The van der Waals surface area contributed by atoms with E-state index < -0.39 is 5.97 Å². The molecular weight excluding hydrogens is 333 g/mol. The van der Waals surface area contributed by atoms with E-state index in [1.54, 1.807) is 47.4 Å². The molecule has 0 aliphatic heterocycles. The third-order valence-corrected chi connectivity index (χ3v) is 3.50. The fourth-order valence-corrected chi connectivity index (χ4v) is 2.67. The smallest absolute Gasteiger partial charge is 0.323 e. The van der Waals surface area contributed by atoms with Crippen LogP contribution in [0.2, 0.25) is 15.1 Å². The number of nitrogens with zero attached hydrogens (tertiary/aromatic N) is 1. The Morgan fingerprint density at radius 1 is 0.952 bits per heavy atom. The van der Waals surface area contributed by atoms with Gasteiger partial charge >= 0.3 is 5.97 Å². The second-order valence-corrected chi connectivity index (χ2v) is 5.81. The molecule has 21 heavy (non-hydrogen) atoms. The molecule has 2 aromatic carbocycles. The van der Waals surface area contributed by atoms with Gasteiger partial charge in [-0.25, -0.2) is 0 Å². The van der Waals surface area contributed by atoms with E-state index in [9.17, 15) is 4.79 Å². The van der Waals surface area contributed by atoms with Gasteiger partial charge in [0.1, 0.15) is 6.54 Å². The lowest BCUT2D eigenvalue weighted by atomic mass is 10.2. The van der Waals surface area contributed by atoms with Crippen LogP contribution in [0.1, 0.15) is 5.56 Å². The number of hydrogen-bond donors (Lipinski definition) is 1. The summed E-state index contributed by atoms with van der Waals surface area (Å²) in [6.07, 6.45) is 0. The Balaban J connectivity index is 2.27. The van der Waals surface area contributed by atoms with Crippen LogP contribution < -0.4 is 4.90 Å². The maximum atomic E-state index is 11.1. The largest absolute Gasteiger partial charge is 0.480 e. The average molecular weight is 345 g/mol. The highest BCUT2D eigenvalue weighted by molar-refractivity contribution is 6.34. The predicted molar refractivity (Wildman–Crippen MR) is 86.6 cm³/mol. The van der Waals surface area contributed by atoms with E-state index in [0.29, 0.717) is 21.6 Å². The Morgan fingerprint density at radius 2 is 1.52 bits per heavy atom. The maximum absolute atomic E-state index is 11.1. The van der Waals surface area contributed by atoms with Crippen molar-refractivity contribution in [2.75, 3.05) is 11.4 Å². The Bertz CT molecular complexity index is 624. The summed E-state index contributed by atoms with van der Waals surface area (Å²) >= 11 is 17.8. The van der Waals surface area contributed by atoms with Gasteiger partial charge in [0.05, 0.1) is 0 Å². The van der Waals surface area contributed by atoms with Crippen molar-refractivity contribution in [2.45, 2.75) is 6.54 Å². The summed E-state index contributed by atoms with van der Waals surface area (Å²) in [6.45, 7) is 0.250. The highest BCUT2D eigenvalue weighted by Gasteiger charge is 2.12. The third-order valence-electron chi connectivity index (χ3n) is 2.81. The zero-order chi connectivity index (χ0) is 15.4. The van der Waals surface area contributed by atoms with Crippen molar-refractivity contribution in [1.29, 1.82) is 0 Å². The van der Waals surface area contributed by atoms with Gasteiger partial charge in [0.2, 0.25) is 0 Å². The van der Waals surface area contributed by atoms with Crippen molar-refractivity contribution < 1.29 is 9.90 Å². The first-order valence-electron chi connectivity index (χ1n) is 6.11. The molecule has 2 aromatic rings. The fourth-order valence-electron chi connectivity index (χ4n) is 1.98. The standard InChI is InChI=1S/C15H12Cl3NO2/c16-11-1-3-14(4-2-11)19(9-15(20)21)8-10-5-12(17)7-13(18)6-10/h1-7H,8-9H2,(H,20,21). The van der Waals surface area contributed by atoms with Crippen molar-refractivity contribution in [2.24, 2.45) is 0 Å². The molecule has 0 radical (unpaired) electrons. The topological polar surface area (TPSA) is 40.5 Å². The lowest BCUT2D eigenvalue weighted by Crippen LogP contribution is -2.29. The molecule has 110 valence electrons. The first-order chi connectivity index (χ1) is 9.94. The average Bonchev–Trinajstić information content (AvgIpc) is 2.37. The van der Waals surface area contributed by atoms with Crippen LogP contribution in [0.3, 0.4) is 0 Å². The van der Waals surface area contributed by atoms with Gasteiger partial charge in [-0.05, 0) is 48.0 Å². The molecule has 1 N–H and O–H groups in total. The summed E-state index contributed by atoms with van der Waals surface area (Å²) < 4.78 is 0. The number of carboxylic acids is 1. The lowest BCUT2D eigenvalue weighted by molar-refractivity contribution is -0.135. The van der Waals surface area contributed by atoms with E-state index in [2.05, 4.69) is 0 Å². The minimum absolute atomic E-state index is 0.133. The monoisotopic (exact) mass is 343 g/mol. The van der Waals surface area contributed by atoms with E-state index >= 15 is 0 Å². The van der Waals surface area contributed by atoms with Gasteiger partial charge in [0, 0.05) is 27.3 Å². The Labute approximate surface area is 137 Å². The molecule has 0 fully saturated rings. The molecular formula is C15H12Cl3NO2. The highest BCUT2D eigenvalue weighted by Crippen LogP contribution is 2.23. The van der Waals surface area contributed by atoms with Gasteiger partial charge in [-0.1, -0.05) is 34.8 Å². The molecule has 6 heteroatoms. The lowest BCUT2D eigenvalue weighted by Gasteiger charge is -2.23. The molecule has 0 aromatic heterocycles. The molecule has 0 aliphatic rings. The fraction of sp³-hybridized carbons (Fsp3) is 0.133. The zero-order valence-electron chi connectivity index (χ0n) is 10.9. The third kappa shape index (κ3) is 4.81. The first kappa shape index (κ1) is 16.0. The van der Waals surface area contributed by atoms with Crippen LogP contribution in [-0.4, -0.2) is 17.6 Å². The number of rotatable bonds is 5. The van der Waals surface area contributed by atoms with E-state index in [4.69, 9.17) is 39.9 Å². The van der Waals surface area contributed by atoms with Crippen LogP contribution in [-0.2, 0) is 11.3 Å². The van der Waals surface area contributed by atoms with Crippen molar-refractivity contribution in [3.8, 4) is 0 Å². The Morgan fingerprint density at radius 3 is 2.05 bits per heavy atom. The minimum Gasteiger partial charge on any atom is -0.480 e. The summed E-state index contributed by atoms with van der Waals surface area (Å²) in [5.41, 5.74) is 1.60. The maximum Gasteiger partial charge on any atom is 0.323 e. The normalized spacial score (nSPS) is 10.4. The molecule has 0 bridgehead atoms. The van der Waals surface area contributed by atoms with E-state index in [0.717, 1.165) is 11.3 Å². The molecule has 0 saturated heterocycles. The minimum atomic E-state index is -0.918. The molecule has 0 saturated carbocycles. The summed E-state index contributed by atoms with van der Waals surface area (Å²) in [5.74, 6) is -0.918. The summed E-state index contributed by atoms with van der Waals surface area (Å²) in [6, 6.07) is 12.1. The Kier molecular flexibility index (Phi) is 5.34. The van der Waals surface area contributed by atoms with Gasteiger partial charge in [-0.2, -0.15) is 0 Å². The zero-order valence-corrected chi connectivity index (χ0v) is 13.2. The van der Waals surface area contributed by atoms with Gasteiger partial charge in [0.25, 0.3) is 0 Å². The Hall–Kier alpha value is -1.42. The van der Waals surface area contributed by atoms with Crippen LogP contribution in [0.15, 0.2) is 42.5 Å². The second kappa shape index (κ2) is 7.03. The van der Waals surface area contributed by atoms with E-state index in [1.807, 2.05) is 0 Å². The number of halogens is 3. The first-order valence-corrected chi connectivity index (χ1v) is 7.25. The molecule has 0 amide bonds. The van der Waals surface area contributed by atoms with Crippen molar-refractivity contribution in [1.82, 2.24) is 0 Å². The van der Waals surface area contributed by atoms with E-state index in [-0.39, 0.29) is 6.54 Å². The van der Waals surface area contributed by atoms with Crippen molar-refractivity contribution in [3.05, 3.63) is 63.1 Å². The molecule has 0 heterocycles. The molecule has 0 unspecified atom stereocenters. The number of anilines is 1. The molecule has 0 atom stereocenters. The van der Waals surface area contributed by atoms with Crippen LogP contribution in [0.5, 0.6) is 0 Å². The van der Waals surface area contributed by atoms with Crippen LogP contribution in [0, 0.1) is 0 Å². The van der Waals surface area contributed by atoms with Gasteiger partial charge < -0.3 is 10.0 Å². The SMILES string of the molecule is O=C(O)CN(Cc1cc(Cl)cc(Cl)c1)c1ccc(Cl)cc1. The molecule has 2 rings (SSSR count). The van der Waals surface area contributed by atoms with Crippen molar-refractivity contribution >= 4 is 46.5 Å². The van der Waals surface area contributed by atoms with Gasteiger partial charge in [0.15, 0.2) is 0 Å². The summed E-state index contributed by atoms with van der Waals surface area (Å²) in [7, 11) is 0. The number of carbonyl (C=O) groups is 1. The number of benzene rings is 2. The highest BCUT2D eigenvalue weighted by atomic mass is 35.5. The number of aliphatic carboxylic acids is 1. The van der Waals surface area contributed by atoms with Crippen molar-refractivity contribution in [3.63, 3.8) is 0 Å².